The minimum atomic E-state index is -0.0924. The topological polar surface area (TPSA) is 59.9 Å². The van der Waals surface area contributed by atoms with Gasteiger partial charge in [-0.15, -0.1) is 0 Å². The highest BCUT2D eigenvalue weighted by molar-refractivity contribution is 6.21. The van der Waals surface area contributed by atoms with E-state index in [0.29, 0.717) is 11.1 Å². The quantitative estimate of drug-likeness (QED) is 0.705. The predicted molar refractivity (Wildman–Crippen MR) is 66.3 cm³/mol. The second kappa shape index (κ2) is 5.63. The van der Waals surface area contributed by atoms with Gasteiger partial charge in [-0.25, -0.2) is 0 Å². The van der Waals surface area contributed by atoms with Gasteiger partial charge in [0.15, 0.2) is 11.6 Å². The second-order valence-corrected chi connectivity index (χ2v) is 3.52. The molecular formula is C14H10N2O2. The van der Waals surface area contributed by atoms with Gasteiger partial charge in [-0.2, -0.15) is 10.2 Å². The van der Waals surface area contributed by atoms with Crippen LogP contribution in [0.2, 0.25) is 0 Å². The van der Waals surface area contributed by atoms with E-state index >= 15 is 0 Å². The maximum absolute atomic E-state index is 11.2. The van der Waals surface area contributed by atoms with E-state index in [-0.39, 0.29) is 11.6 Å². The van der Waals surface area contributed by atoms with Crippen LogP contribution in [0.3, 0.4) is 0 Å². The molecule has 0 atom stereocenters. The standard InChI is InChI=1S/C10H6O2.C4H4N2/c11-9-5-6-10(12)8-4-2-1-3-7(8)9;1-2-4-6-5-3-1/h1-6H;1-4H. The van der Waals surface area contributed by atoms with Crippen molar-refractivity contribution in [2.45, 2.75) is 0 Å². The molecule has 0 fully saturated rings. The highest BCUT2D eigenvalue weighted by Gasteiger charge is 2.16. The van der Waals surface area contributed by atoms with E-state index in [9.17, 15) is 9.59 Å². The Morgan fingerprint density at radius 3 is 1.44 bits per heavy atom. The zero-order valence-corrected chi connectivity index (χ0v) is 9.48. The molecule has 1 aromatic heterocycles. The lowest BCUT2D eigenvalue weighted by atomic mass is 9.95. The summed E-state index contributed by atoms with van der Waals surface area (Å²) in [5.41, 5.74) is 1.01. The molecule has 0 saturated carbocycles. The van der Waals surface area contributed by atoms with E-state index in [0.717, 1.165) is 0 Å². The number of fused-ring (bicyclic) bond motifs is 1. The van der Waals surface area contributed by atoms with Crippen LogP contribution in [0.1, 0.15) is 20.7 Å². The van der Waals surface area contributed by atoms with Crippen LogP contribution in [0.4, 0.5) is 0 Å². The van der Waals surface area contributed by atoms with E-state index in [1.165, 1.54) is 12.2 Å². The van der Waals surface area contributed by atoms with Crippen molar-refractivity contribution in [3.8, 4) is 0 Å². The molecule has 0 bridgehead atoms. The summed E-state index contributed by atoms with van der Waals surface area (Å²) < 4.78 is 0. The summed E-state index contributed by atoms with van der Waals surface area (Å²) in [5.74, 6) is -0.185. The van der Waals surface area contributed by atoms with Crippen molar-refractivity contribution in [3.05, 3.63) is 72.1 Å². The lowest BCUT2D eigenvalue weighted by molar-refractivity contribution is 0.0994. The second-order valence-electron chi connectivity index (χ2n) is 3.52. The van der Waals surface area contributed by atoms with Gasteiger partial charge in [-0.05, 0) is 24.3 Å². The fourth-order valence-electron chi connectivity index (χ4n) is 1.50. The van der Waals surface area contributed by atoms with Gasteiger partial charge < -0.3 is 0 Å². The normalized spacial score (nSPS) is 12.4. The van der Waals surface area contributed by atoms with Crippen molar-refractivity contribution in [2.75, 3.05) is 0 Å². The number of hydrogen-bond acceptors (Lipinski definition) is 4. The molecule has 3 rings (SSSR count). The average Bonchev–Trinajstić information content (AvgIpc) is 2.46. The number of aromatic nitrogens is 2. The molecule has 88 valence electrons. The fourth-order valence-corrected chi connectivity index (χ4v) is 1.50. The predicted octanol–water partition coefficient (Wildman–Crippen LogP) is 2.10. The van der Waals surface area contributed by atoms with Gasteiger partial charge in [-0.1, -0.05) is 24.3 Å². The van der Waals surface area contributed by atoms with Crippen molar-refractivity contribution in [1.29, 1.82) is 0 Å². The maximum atomic E-state index is 11.2. The first-order valence-electron chi connectivity index (χ1n) is 5.36. The van der Waals surface area contributed by atoms with E-state index in [2.05, 4.69) is 10.2 Å². The van der Waals surface area contributed by atoms with Gasteiger partial charge in [0.05, 0.1) is 0 Å². The van der Waals surface area contributed by atoms with Gasteiger partial charge in [-0.3, -0.25) is 9.59 Å². The first-order valence-corrected chi connectivity index (χ1v) is 5.36. The number of benzene rings is 1. The molecule has 0 unspecified atom stereocenters. The number of allylic oxidation sites excluding steroid dienone is 2. The summed E-state index contributed by atoms with van der Waals surface area (Å²) in [7, 11) is 0. The van der Waals surface area contributed by atoms with Crippen LogP contribution in [0, 0.1) is 0 Å². The fraction of sp³-hybridized carbons (Fsp3) is 0. The number of nitrogens with zero attached hydrogens (tertiary/aromatic N) is 2. The summed E-state index contributed by atoms with van der Waals surface area (Å²) >= 11 is 0. The van der Waals surface area contributed by atoms with Crippen LogP contribution in [-0.2, 0) is 0 Å². The van der Waals surface area contributed by atoms with Crippen LogP contribution in [0.15, 0.2) is 60.9 Å². The van der Waals surface area contributed by atoms with Gasteiger partial charge in [0.25, 0.3) is 0 Å². The van der Waals surface area contributed by atoms with Gasteiger partial charge in [0.2, 0.25) is 0 Å². The summed E-state index contributed by atoms with van der Waals surface area (Å²) in [4.78, 5) is 22.4. The third kappa shape index (κ3) is 2.74. The Bertz CT molecular complexity index is 528. The molecule has 1 aliphatic rings. The average molecular weight is 238 g/mol. The lowest BCUT2D eigenvalue weighted by Crippen LogP contribution is -2.10. The van der Waals surface area contributed by atoms with E-state index < -0.39 is 0 Å². The number of carbonyl (C=O) groups excluding carboxylic acids is 2. The van der Waals surface area contributed by atoms with Crippen LogP contribution < -0.4 is 0 Å². The molecule has 4 nitrogen and oxygen atoms in total. The summed E-state index contributed by atoms with van der Waals surface area (Å²) in [6.45, 7) is 0. The molecular weight excluding hydrogens is 228 g/mol. The smallest absolute Gasteiger partial charge is 0.186 e. The van der Waals surface area contributed by atoms with Crippen molar-refractivity contribution in [2.24, 2.45) is 0 Å². The number of rotatable bonds is 0. The van der Waals surface area contributed by atoms with E-state index in [4.69, 9.17) is 0 Å². The zero-order valence-electron chi connectivity index (χ0n) is 9.48. The molecule has 0 amide bonds. The molecule has 0 aliphatic heterocycles. The number of ketones is 2. The lowest BCUT2D eigenvalue weighted by Gasteiger charge is -2.06. The Labute approximate surface area is 104 Å². The molecule has 2 aromatic rings. The minimum Gasteiger partial charge on any atom is -0.289 e. The van der Waals surface area contributed by atoms with Crippen molar-refractivity contribution < 1.29 is 9.59 Å². The number of carbonyl (C=O) groups is 2. The van der Waals surface area contributed by atoms with E-state index in [1.807, 2.05) is 12.1 Å². The highest BCUT2D eigenvalue weighted by atomic mass is 16.1. The molecule has 1 aromatic carbocycles. The molecule has 0 radical (unpaired) electrons. The Balaban J connectivity index is 0.000000169. The van der Waals surface area contributed by atoms with E-state index in [1.54, 1.807) is 36.7 Å². The molecule has 1 heterocycles. The van der Waals surface area contributed by atoms with Crippen LogP contribution in [0.25, 0.3) is 0 Å². The van der Waals surface area contributed by atoms with Crippen molar-refractivity contribution >= 4 is 11.6 Å². The third-order valence-corrected chi connectivity index (χ3v) is 2.33. The summed E-state index contributed by atoms with van der Waals surface area (Å²) in [5, 5.41) is 7.07. The summed E-state index contributed by atoms with van der Waals surface area (Å²) in [6.07, 6.45) is 5.90. The van der Waals surface area contributed by atoms with Crippen molar-refractivity contribution in [1.82, 2.24) is 10.2 Å². The SMILES string of the molecule is O=C1C=CC(=O)c2ccccc21.c1ccnnc1. The molecule has 1 aliphatic carbocycles. The molecule has 0 saturated heterocycles. The van der Waals surface area contributed by atoms with Crippen LogP contribution in [-0.4, -0.2) is 21.8 Å². The third-order valence-electron chi connectivity index (χ3n) is 2.33. The highest BCUT2D eigenvalue weighted by Crippen LogP contribution is 2.15. The monoisotopic (exact) mass is 238 g/mol. The largest absolute Gasteiger partial charge is 0.289 e. The van der Waals surface area contributed by atoms with Crippen LogP contribution >= 0.6 is 0 Å². The Hall–Kier alpha value is -2.62. The minimum absolute atomic E-state index is 0.0924. The Kier molecular flexibility index (Phi) is 3.71. The Morgan fingerprint density at radius 1 is 0.667 bits per heavy atom. The zero-order chi connectivity index (χ0) is 12.8. The maximum Gasteiger partial charge on any atom is 0.186 e. The van der Waals surface area contributed by atoms with Gasteiger partial charge in [0, 0.05) is 23.5 Å². The Morgan fingerprint density at radius 2 is 1.11 bits per heavy atom. The molecule has 18 heavy (non-hydrogen) atoms. The first kappa shape index (κ1) is 11.9. The molecule has 0 N–H and O–H groups in total. The number of hydrogen-bond donors (Lipinski definition) is 0. The molecule has 0 spiro atoms. The molecule has 4 heteroatoms. The summed E-state index contributed by atoms with van der Waals surface area (Å²) in [6, 6.07) is 10.5. The van der Waals surface area contributed by atoms with Gasteiger partial charge in [0.1, 0.15) is 0 Å². The van der Waals surface area contributed by atoms with Crippen LogP contribution in [0.5, 0.6) is 0 Å². The van der Waals surface area contributed by atoms with Crippen molar-refractivity contribution in [3.63, 3.8) is 0 Å². The first-order chi connectivity index (χ1) is 8.79. The van der Waals surface area contributed by atoms with Gasteiger partial charge >= 0.3 is 0 Å².